The maximum Gasteiger partial charge on any atom is 0.293 e. The molecular weight excluding hydrogens is 229 g/mol. The summed E-state index contributed by atoms with van der Waals surface area (Å²) in [7, 11) is 0. The fourth-order valence-corrected chi connectivity index (χ4v) is 1.40. The molecule has 1 heterocycles. The van der Waals surface area contributed by atoms with Gasteiger partial charge in [0.2, 0.25) is 0 Å². The maximum atomic E-state index is 5.54. The van der Waals surface area contributed by atoms with Crippen LogP contribution in [0.2, 0.25) is 5.35 Å². The first-order valence-electron chi connectivity index (χ1n) is 2.97. The number of oxazole rings is 1. The number of rotatable bonds is 0. The van der Waals surface area contributed by atoms with E-state index in [-0.39, 0.29) is 5.35 Å². The van der Waals surface area contributed by atoms with Crippen molar-refractivity contribution in [1.82, 2.24) is 4.98 Å². The Morgan fingerprint density at radius 3 is 3.09 bits per heavy atom. The highest BCUT2D eigenvalue weighted by molar-refractivity contribution is 9.10. The van der Waals surface area contributed by atoms with Crippen LogP contribution in [0.1, 0.15) is 0 Å². The SMILES string of the molecule is Clc1nc2cc(Br)ccc2o1. The van der Waals surface area contributed by atoms with Crippen molar-refractivity contribution in [1.29, 1.82) is 0 Å². The summed E-state index contributed by atoms with van der Waals surface area (Å²) < 4.78 is 6.02. The van der Waals surface area contributed by atoms with Crippen molar-refractivity contribution in [2.45, 2.75) is 0 Å². The van der Waals surface area contributed by atoms with Crippen LogP contribution in [0.3, 0.4) is 0 Å². The van der Waals surface area contributed by atoms with Gasteiger partial charge in [-0.2, -0.15) is 4.98 Å². The van der Waals surface area contributed by atoms with Crippen LogP contribution in [0, 0.1) is 0 Å². The van der Waals surface area contributed by atoms with E-state index < -0.39 is 0 Å². The van der Waals surface area contributed by atoms with Gasteiger partial charge in [0.15, 0.2) is 5.58 Å². The van der Waals surface area contributed by atoms with Gasteiger partial charge in [-0.15, -0.1) is 0 Å². The molecule has 0 aliphatic carbocycles. The van der Waals surface area contributed by atoms with Crippen molar-refractivity contribution in [2.24, 2.45) is 0 Å². The Hall–Kier alpha value is -0.540. The number of benzene rings is 1. The average molecular weight is 232 g/mol. The summed E-state index contributed by atoms with van der Waals surface area (Å²) in [6.45, 7) is 0. The summed E-state index contributed by atoms with van der Waals surface area (Å²) in [6.07, 6.45) is 0. The number of aromatic nitrogens is 1. The molecule has 11 heavy (non-hydrogen) atoms. The lowest BCUT2D eigenvalue weighted by Gasteiger charge is -1.85. The standard InChI is InChI=1S/C7H3BrClNO/c8-4-1-2-6-5(3-4)10-7(9)11-6/h1-3H. The van der Waals surface area contributed by atoms with E-state index >= 15 is 0 Å². The topological polar surface area (TPSA) is 26.0 Å². The Morgan fingerprint density at radius 1 is 1.45 bits per heavy atom. The van der Waals surface area contributed by atoms with Gasteiger partial charge in [0, 0.05) is 4.47 Å². The van der Waals surface area contributed by atoms with E-state index in [1.54, 1.807) is 0 Å². The average Bonchev–Trinajstić information content (AvgIpc) is 2.27. The van der Waals surface area contributed by atoms with Gasteiger partial charge in [0.25, 0.3) is 5.35 Å². The molecule has 0 spiro atoms. The molecule has 1 aromatic carbocycles. The third-order valence-electron chi connectivity index (χ3n) is 1.32. The van der Waals surface area contributed by atoms with E-state index in [0.29, 0.717) is 5.58 Å². The number of hydrogen-bond donors (Lipinski definition) is 0. The summed E-state index contributed by atoms with van der Waals surface area (Å²) in [5.41, 5.74) is 1.47. The van der Waals surface area contributed by atoms with Crippen LogP contribution in [0.25, 0.3) is 11.1 Å². The third kappa shape index (κ3) is 1.26. The Bertz CT molecular complexity index is 398. The van der Waals surface area contributed by atoms with Gasteiger partial charge in [0.1, 0.15) is 5.52 Å². The van der Waals surface area contributed by atoms with Gasteiger partial charge in [0.05, 0.1) is 0 Å². The predicted octanol–water partition coefficient (Wildman–Crippen LogP) is 3.24. The molecule has 0 saturated carbocycles. The fraction of sp³-hybridized carbons (Fsp3) is 0. The van der Waals surface area contributed by atoms with E-state index in [1.807, 2.05) is 18.2 Å². The minimum atomic E-state index is 0.179. The van der Waals surface area contributed by atoms with Crippen LogP contribution in [0.15, 0.2) is 27.1 Å². The van der Waals surface area contributed by atoms with E-state index in [9.17, 15) is 0 Å². The molecule has 0 saturated heterocycles. The highest BCUT2D eigenvalue weighted by Gasteiger charge is 2.01. The molecule has 0 radical (unpaired) electrons. The minimum absolute atomic E-state index is 0.179. The molecule has 56 valence electrons. The van der Waals surface area contributed by atoms with Crippen molar-refractivity contribution in [2.75, 3.05) is 0 Å². The van der Waals surface area contributed by atoms with Gasteiger partial charge in [-0.1, -0.05) is 15.9 Å². The quantitative estimate of drug-likeness (QED) is 0.697. The van der Waals surface area contributed by atoms with Crippen molar-refractivity contribution >= 4 is 38.6 Å². The van der Waals surface area contributed by atoms with Crippen LogP contribution in [-0.4, -0.2) is 4.98 Å². The zero-order chi connectivity index (χ0) is 7.84. The predicted molar refractivity (Wildman–Crippen MR) is 46.7 cm³/mol. The molecular formula is C7H3BrClNO. The van der Waals surface area contributed by atoms with Gasteiger partial charge in [-0.25, -0.2) is 0 Å². The second-order valence-electron chi connectivity index (χ2n) is 2.08. The molecule has 0 N–H and O–H groups in total. The van der Waals surface area contributed by atoms with Crippen molar-refractivity contribution in [3.05, 3.63) is 28.0 Å². The molecule has 0 unspecified atom stereocenters. The van der Waals surface area contributed by atoms with Crippen molar-refractivity contribution < 1.29 is 4.42 Å². The molecule has 0 aliphatic rings. The largest absolute Gasteiger partial charge is 0.428 e. The number of hydrogen-bond acceptors (Lipinski definition) is 2. The summed E-state index contributed by atoms with van der Waals surface area (Å²) in [6, 6.07) is 5.55. The summed E-state index contributed by atoms with van der Waals surface area (Å²) in [5.74, 6) is 0. The zero-order valence-electron chi connectivity index (χ0n) is 5.34. The van der Waals surface area contributed by atoms with Crippen LogP contribution in [0.4, 0.5) is 0 Å². The molecule has 1 aromatic heterocycles. The maximum absolute atomic E-state index is 5.54. The van der Waals surface area contributed by atoms with Gasteiger partial charge < -0.3 is 4.42 Å². The fourth-order valence-electron chi connectivity index (χ4n) is 0.872. The minimum Gasteiger partial charge on any atom is -0.428 e. The molecule has 2 rings (SSSR count). The Morgan fingerprint density at radius 2 is 2.27 bits per heavy atom. The molecule has 0 bridgehead atoms. The number of fused-ring (bicyclic) bond motifs is 1. The monoisotopic (exact) mass is 231 g/mol. The van der Waals surface area contributed by atoms with Crippen molar-refractivity contribution in [3.8, 4) is 0 Å². The smallest absolute Gasteiger partial charge is 0.293 e. The van der Waals surface area contributed by atoms with Gasteiger partial charge in [-0.3, -0.25) is 0 Å². The molecule has 4 heteroatoms. The summed E-state index contributed by atoms with van der Waals surface area (Å²) >= 11 is 8.86. The second kappa shape index (κ2) is 2.50. The molecule has 0 fully saturated rings. The van der Waals surface area contributed by atoms with E-state index in [2.05, 4.69) is 20.9 Å². The first-order valence-corrected chi connectivity index (χ1v) is 4.14. The first kappa shape index (κ1) is 7.13. The normalized spacial score (nSPS) is 10.7. The highest BCUT2D eigenvalue weighted by atomic mass is 79.9. The Kier molecular flexibility index (Phi) is 1.62. The summed E-state index contributed by atoms with van der Waals surface area (Å²) in [4.78, 5) is 3.94. The van der Waals surface area contributed by atoms with Crippen LogP contribution in [0.5, 0.6) is 0 Å². The summed E-state index contributed by atoms with van der Waals surface area (Å²) in [5, 5.41) is 0.179. The molecule has 2 aromatic rings. The number of nitrogens with zero attached hydrogens (tertiary/aromatic N) is 1. The van der Waals surface area contributed by atoms with Crippen LogP contribution < -0.4 is 0 Å². The molecule has 0 aliphatic heterocycles. The zero-order valence-corrected chi connectivity index (χ0v) is 7.69. The lowest BCUT2D eigenvalue weighted by atomic mass is 10.3. The van der Waals surface area contributed by atoms with Gasteiger partial charge >= 0.3 is 0 Å². The van der Waals surface area contributed by atoms with E-state index in [1.165, 1.54) is 0 Å². The van der Waals surface area contributed by atoms with E-state index in [0.717, 1.165) is 9.99 Å². The Balaban J connectivity index is 2.82. The van der Waals surface area contributed by atoms with Gasteiger partial charge in [-0.05, 0) is 29.8 Å². The lowest BCUT2D eigenvalue weighted by Crippen LogP contribution is -1.66. The molecule has 0 amide bonds. The van der Waals surface area contributed by atoms with E-state index in [4.69, 9.17) is 16.0 Å². The first-order chi connectivity index (χ1) is 5.25. The lowest BCUT2D eigenvalue weighted by molar-refractivity contribution is 0.604. The molecule has 0 atom stereocenters. The highest BCUT2D eigenvalue weighted by Crippen LogP contribution is 2.21. The second-order valence-corrected chi connectivity index (χ2v) is 3.32. The Labute approximate surface area is 76.3 Å². The van der Waals surface area contributed by atoms with Crippen LogP contribution in [-0.2, 0) is 0 Å². The van der Waals surface area contributed by atoms with Crippen LogP contribution >= 0.6 is 27.5 Å². The van der Waals surface area contributed by atoms with Crippen molar-refractivity contribution in [3.63, 3.8) is 0 Å². The molecule has 2 nitrogen and oxygen atoms in total. The third-order valence-corrected chi connectivity index (χ3v) is 1.98. The number of halogens is 2.